The Labute approximate surface area is 135 Å². The summed E-state index contributed by atoms with van der Waals surface area (Å²) in [5, 5.41) is 3.69. The van der Waals surface area contributed by atoms with Gasteiger partial charge >= 0.3 is 0 Å². The normalized spacial score (nSPS) is 16.7. The number of nitrogens with zero attached hydrogens (tertiary/aromatic N) is 1. The summed E-state index contributed by atoms with van der Waals surface area (Å²) in [6.07, 6.45) is 5.76. The molecule has 0 bridgehead atoms. The lowest BCUT2D eigenvalue weighted by atomic mass is 9.93. The Hall–Kier alpha value is -1.38. The second-order valence-electron chi connectivity index (χ2n) is 7.59. The molecule has 1 unspecified atom stereocenters. The first-order valence-corrected chi connectivity index (χ1v) is 8.17. The van der Waals surface area contributed by atoms with E-state index in [1.165, 1.54) is 22.3 Å². The van der Waals surface area contributed by atoms with E-state index in [1.807, 2.05) is 0 Å². The Morgan fingerprint density at radius 3 is 2.50 bits per heavy atom. The van der Waals surface area contributed by atoms with Crippen LogP contribution in [-0.2, 0) is 0 Å². The summed E-state index contributed by atoms with van der Waals surface area (Å²) >= 11 is 0. The van der Waals surface area contributed by atoms with E-state index in [0.29, 0.717) is 6.04 Å². The standard InChI is InChI=1S/C20H30N2/c1-15(21-20(2,3)4)18-9-7-8-10-19(18)17-12-11-16(13-17)14-22(5)6/h7-11,13,15,21H,12,14H2,1-6H3. The third kappa shape index (κ3) is 4.56. The van der Waals surface area contributed by atoms with Crippen LogP contribution in [0.1, 0.15) is 51.3 Å². The zero-order valence-electron chi connectivity index (χ0n) is 14.9. The van der Waals surface area contributed by atoms with Gasteiger partial charge in [0.25, 0.3) is 0 Å². The van der Waals surface area contributed by atoms with Crippen molar-refractivity contribution in [3.8, 4) is 0 Å². The van der Waals surface area contributed by atoms with E-state index in [0.717, 1.165) is 13.0 Å². The van der Waals surface area contributed by atoms with E-state index in [2.05, 4.69) is 88.4 Å². The van der Waals surface area contributed by atoms with Crippen LogP contribution in [0.4, 0.5) is 0 Å². The molecule has 0 aromatic heterocycles. The molecule has 1 atom stereocenters. The molecule has 2 nitrogen and oxygen atoms in total. The molecule has 1 aromatic rings. The van der Waals surface area contributed by atoms with Crippen molar-refractivity contribution >= 4 is 5.57 Å². The molecule has 2 heteroatoms. The van der Waals surface area contributed by atoms with Crippen LogP contribution in [0.2, 0.25) is 0 Å². The van der Waals surface area contributed by atoms with Gasteiger partial charge in [-0.05, 0) is 70.5 Å². The predicted molar refractivity (Wildman–Crippen MR) is 97.0 cm³/mol. The predicted octanol–water partition coefficient (Wildman–Crippen LogP) is 4.41. The van der Waals surface area contributed by atoms with Crippen LogP contribution in [0.5, 0.6) is 0 Å². The lowest BCUT2D eigenvalue weighted by Gasteiger charge is -2.28. The molecule has 22 heavy (non-hydrogen) atoms. The number of hydrogen-bond donors (Lipinski definition) is 1. The topological polar surface area (TPSA) is 15.3 Å². The molecule has 1 aliphatic rings. The molecule has 0 heterocycles. The van der Waals surface area contributed by atoms with E-state index in [-0.39, 0.29) is 5.54 Å². The third-order valence-electron chi connectivity index (χ3n) is 3.87. The fourth-order valence-corrected chi connectivity index (χ4v) is 3.14. The zero-order valence-corrected chi connectivity index (χ0v) is 14.9. The highest BCUT2D eigenvalue weighted by Crippen LogP contribution is 2.32. The van der Waals surface area contributed by atoms with Crippen LogP contribution in [0, 0.1) is 0 Å². The van der Waals surface area contributed by atoms with Crippen molar-refractivity contribution in [1.82, 2.24) is 10.2 Å². The summed E-state index contributed by atoms with van der Waals surface area (Å²) in [4.78, 5) is 2.22. The Balaban J connectivity index is 2.23. The molecule has 0 amide bonds. The average Bonchev–Trinajstić information content (AvgIpc) is 2.84. The van der Waals surface area contributed by atoms with Crippen LogP contribution in [0.3, 0.4) is 0 Å². The quantitative estimate of drug-likeness (QED) is 0.866. The minimum atomic E-state index is 0.116. The lowest BCUT2D eigenvalue weighted by Crippen LogP contribution is -2.37. The van der Waals surface area contributed by atoms with Crippen LogP contribution >= 0.6 is 0 Å². The molecule has 0 saturated heterocycles. The number of hydrogen-bond acceptors (Lipinski definition) is 2. The molecule has 2 rings (SSSR count). The maximum Gasteiger partial charge on any atom is 0.0302 e. The third-order valence-corrected chi connectivity index (χ3v) is 3.87. The second kappa shape index (κ2) is 6.80. The fraction of sp³-hybridized carbons (Fsp3) is 0.500. The molecule has 0 spiro atoms. The molecule has 1 aromatic carbocycles. The molecule has 0 aliphatic heterocycles. The Morgan fingerprint density at radius 2 is 1.86 bits per heavy atom. The van der Waals surface area contributed by atoms with Gasteiger partial charge in [0.15, 0.2) is 0 Å². The summed E-state index contributed by atoms with van der Waals surface area (Å²) < 4.78 is 0. The van der Waals surface area contributed by atoms with Gasteiger partial charge in [0.1, 0.15) is 0 Å². The SMILES string of the molecule is CC(NC(C)(C)C)c1ccccc1C1=CC(CN(C)C)=CC1. The number of likely N-dealkylation sites (N-methyl/N-ethyl adjacent to an activating group) is 1. The number of allylic oxidation sites excluding steroid dienone is 2. The Kier molecular flexibility index (Phi) is 5.25. The van der Waals surface area contributed by atoms with Crippen molar-refractivity contribution in [3.05, 3.63) is 53.1 Å². The molecular formula is C20H30N2. The minimum Gasteiger partial charge on any atom is -0.306 e. The van der Waals surface area contributed by atoms with Gasteiger partial charge in [-0.1, -0.05) is 36.4 Å². The van der Waals surface area contributed by atoms with Crippen LogP contribution < -0.4 is 5.32 Å². The largest absolute Gasteiger partial charge is 0.306 e. The summed E-state index contributed by atoms with van der Waals surface area (Å²) in [5.74, 6) is 0. The Bertz CT molecular complexity index is 574. The van der Waals surface area contributed by atoms with E-state index in [9.17, 15) is 0 Å². The van der Waals surface area contributed by atoms with Crippen molar-refractivity contribution < 1.29 is 0 Å². The van der Waals surface area contributed by atoms with Gasteiger partial charge in [-0.25, -0.2) is 0 Å². The van der Waals surface area contributed by atoms with Crippen molar-refractivity contribution in [1.29, 1.82) is 0 Å². The first-order chi connectivity index (χ1) is 10.3. The van der Waals surface area contributed by atoms with Crippen molar-refractivity contribution in [2.75, 3.05) is 20.6 Å². The molecule has 1 aliphatic carbocycles. The van der Waals surface area contributed by atoms with Gasteiger partial charge in [-0.2, -0.15) is 0 Å². The van der Waals surface area contributed by atoms with Crippen LogP contribution in [0.25, 0.3) is 5.57 Å². The molecule has 1 N–H and O–H groups in total. The summed E-state index contributed by atoms with van der Waals surface area (Å²) in [6.45, 7) is 9.93. The number of rotatable bonds is 5. The van der Waals surface area contributed by atoms with Gasteiger partial charge < -0.3 is 10.2 Å². The van der Waals surface area contributed by atoms with Crippen LogP contribution in [0.15, 0.2) is 42.0 Å². The van der Waals surface area contributed by atoms with Gasteiger partial charge in [0, 0.05) is 18.1 Å². The van der Waals surface area contributed by atoms with Gasteiger partial charge in [-0.15, -0.1) is 0 Å². The van der Waals surface area contributed by atoms with E-state index in [1.54, 1.807) is 0 Å². The molecule has 0 fully saturated rings. The number of benzene rings is 1. The minimum absolute atomic E-state index is 0.116. The molecular weight excluding hydrogens is 268 g/mol. The van der Waals surface area contributed by atoms with Crippen molar-refractivity contribution in [3.63, 3.8) is 0 Å². The Morgan fingerprint density at radius 1 is 1.18 bits per heavy atom. The smallest absolute Gasteiger partial charge is 0.0302 e. The summed E-state index contributed by atoms with van der Waals surface area (Å²) in [5.41, 5.74) is 5.76. The molecule has 0 radical (unpaired) electrons. The zero-order chi connectivity index (χ0) is 16.3. The van der Waals surface area contributed by atoms with E-state index in [4.69, 9.17) is 0 Å². The molecule has 120 valence electrons. The molecule has 0 saturated carbocycles. The highest BCUT2D eigenvalue weighted by Gasteiger charge is 2.19. The van der Waals surface area contributed by atoms with E-state index < -0.39 is 0 Å². The fourth-order valence-electron chi connectivity index (χ4n) is 3.14. The highest BCUT2D eigenvalue weighted by molar-refractivity contribution is 5.75. The second-order valence-corrected chi connectivity index (χ2v) is 7.59. The first-order valence-electron chi connectivity index (χ1n) is 8.17. The highest BCUT2D eigenvalue weighted by atomic mass is 15.0. The van der Waals surface area contributed by atoms with Crippen LogP contribution in [-0.4, -0.2) is 31.1 Å². The van der Waals surface area contributed by atoms with E-state index >= 15 is 0 Å². The summed E-state index contributed by atoms with van der Waals surface area (Å²) in [7, 11) is 4.24. The van der Waals surface area contributed by atoms with Crippen molar-refractivity contribution in [2.45, 2.75) is 45.7 Å². The van der Waals surface area contributed by atoms with Gasteiger partial charge in [-0.3, -0.25) is 0 Å². The maximum absolute atomic E-state index is 3.69. The maximum atomic E-state index is 3.69. The monoisotopic (exact) mass is 298 g/mol. The lowest BCUT2D eigenvalue weighted by molar-refractivity contribution is 0.378. The first kappa shape index (κ1) is 17.0. The van der Waals surface area contributed by atoms with Crippen molar-refractivity contribution in [2.24, 2.45) is 0 Å². The summed E-state index contributed by atoms with van der Waals surface area (Å²) in [6, 6.07) is 9.14. The van der Waals surface area contributed by atoms with Gasteiger partial charge in [0.2, 0.25) is 0 Å². The number of nitrogens with one attached hydrogen (secondary N) is 1. The average molecular weight is 298 g/mol. The van der Waals surface area contributed by atoms with Gasteiger partial charge in [0.05, 0.1) is 0 Å².